The van der Waals surface area contributed by atoms with Gasteiger partial charge in [-0.05, 0) is 31.0 Å². The number of halogens is 3. The lowest BCUT2D eigenvalue weighted by Crippen LogP contribution is -2.21. The molecule has 1 saturated carbocycles. The summed E-state index contributed by atoms with van der Waals surface area (Å²) in [6.07, 6.45) is -1.00. The van der Waals surface area contributed by atoms with Gasteiger partial charge in [-0.3, -0.25) is 19.6 Å². The number of carbonyl (C=O) groups is 1. The van der Waals surface area contributed by atoms with Crippen molar-refractivity contribution in [3.63, 3.8) is 0 Å². The van der Waals surface area contributed by atoms with E-state index < -0.39 is 17.3 Å². The molecule has 1 amide bonds. The first-order chi connectivity index (χ1) is 11.8. The summed E-state index contributed by atoms with van der Waals surface area (Å²) < 4.78 is 26.9. The van der Waals surface area contributed by atoms with Crippen molar-refractivity contribution < 1.29 is 18.5 Å². The van der Waals surface area contributed by atoms with Gasteiger partial charge in [0, 0.05) is 22.7 Å². The topological polar surface area (TPSA) is 90.1 Å². The Morgan fingerprint density at radius 1 is 1.44 bits per heavy atom. The number of nitrogens with one attached hydrogen (secondary N) is 1. The molecule has 1 N–H and O–H groups in total. The largest absolute Gasteiger partial charge is 0.319 e. The van der Waals surface area contributed by atoms with Crippen molar-refractivity contribution in [2.24, 2.45) is 0 Å². The summed E-state index contributed by atoms with van der Waals surface area (Å²) in [5, 5.41) is 17.4. The lowest BCUT2D eigenvalue weighted by molar-refractivity contribution is -0.383. The summed E-state index contributed by atoms with van der Waals surface area (Å²) >= 11 is 5.72. The lowest BCUT2D eigenvalue weighted by atomic mass is 10.2. The fraction of sp³-hybridized carbons (Fsp3) is 0.333. The highest BCUT2D eigenvalue weighted by Crippen LogP contribution is 2.41. The van der Waals surface area contributed by atoms with E-state index in [9.17, 15) is 23.7 Å². The number of hydrogen-bond donors (Lipinski definition) is 1. The van der Waals surface area contributed by atoms with E-state index in [4.69, 9.17) is 11.6 Å². The molecule has 1 aromatic carbocycles. The second kappa shape index (κ2) is 6.75. The molecule has 0 radical (unpaired) electrons. The second-order valence-electron chi connectivity index (χ2n) is 5.69. The third kappa shape index (κ3) is 3.93. The average molecular weight is 371 g/mol. The maximum Gasteiger partial charge on any atom is 0.294 e. The van der Waals surface area contributed by atoms with Gasteiger partial charge in [0.25, 0.3) is 12.1 Å². The van der Waals surface area contributed by atoms with E-state index in [1.807, 2.05) is 0 Å². The third-order valence-corrected chi connectivity index (χ3v) is 4.01. The van der Waals surface area contributed by atoms with Gasteiger partial charge in [-0.25, -0.2) is 8.78 Å². The van der Waals surface area contributed by atoms with Crippen LogP contribution in [-0.2, 0) is 11.3 Å². The molecule has 132 valence electrons. The summed E-state index contributed by atoms with van der Waals surface area (Å²) in [5.41, 5.74) is -0.172. The van der Waals surface area contributed by atoms with Gasteiger partial charge in [0.05, 0.1) is 4.92 Å². The molecule has 7 nitrogen and oxygen atoms in total. The Labute approximate surface area is 145 Å². The number of hydrogen-bond acceptors (Lipinski definition) is 4. The molecule has 2 aromatic rings. The number of nitro benzene ring substituents is 1. The highest BCUT2D eigenvalue weighted by atomic mass is 35.5. The van der Waals surface area contributed by atoms with Gasteiger partial charge >= 0.3 is 0 Å². The molecule has 3 rings (SSSR count). The van der Waals surface area contributed by atoms with Crippen LogP contribution < -0.4 is 5.32 Å². The summed E-state index contributed by atoms with van der Waals surface area (Å²) in [6.45, 7) is -0.307. The van der Waals surface area contributed by atoms with E-state index in [0.29, 0.717) is 5.69 Å². The normalized spacial score (nSPS) is 13.9. The summed E-state index contributed by atoms with van der Waals surface area (Å²) in [7, 11) is 0. The SMILES string of the molecule is O=C(Cn1nc(C(F)F)cc1C1CC1)Nc1ccc(Cl)cc1[N+](=O)[O-]. The molecule has 10 heteroatoms. The van der Waals surface area contributed by atoms with Crippen LogP contribution >= 0.6 is 11.6 Å². The minimum absolute atomic E-state index is 0.0198. The molecule has 1 fully saturated rings. The first-order valence-electron chi connectivity index (χ1n) is 7.44. The van der Waals surface area contributed by atoms with Gasteiger partial charge in [0.2, 0.25) is 5.91 Å². The quantitative estimate of drug-likeness (QED) is 0.616. The van der Waals surface area contributed by atoms with Crippen LogP contribution in [0.25, 0.3) is 0 Å². The number of aromatic nitrogens is 2. The van der Waals surface area contributed by atoms with Crippen LogP contribution in [0.2, 0.25) is 5.02 Å². The molecule has 0 bridgehead atoms. The summed E-state index contributed by atoms with van der Waals surface area (Å²) in [5.74, 6) is -0.478. The van der Waals surface area contributed by atoms with E-state index in [1.54, 1.807) is 0 Å². The Balaban J connectivity index is 1.79. The van der Waals surface area contributed by atoms with Crippen molar-refractivity contribution in [2.75, 3.05) is 5.32 Å². The molecule has 0 saturated heterocycles. The van der Waals surface area contributed by atoms with Crippen LogP contribution in [0, 0.1) is 10.1 Å². The number of rotatable bonds is 6. The Bertz CT molecular complexity index is 836. The predicted molar refractivity (Wildman–Crippen MR) is 85.9 cm³/mol. The van der Waals surface area contributed by atoms with Gasteiger partial charge in [-0.2, -0.15) is 5.10 Å². The number of benzene rings is 1. The summed E-state index contributed by atoms with van der Waals surface area (Å²) in [6, 6.07) is 5.15. The standard InChI is InChI=1S/C15H13ClF2N4O3/c16-9-3-4-10(13(5-9)22(24)25)19-14(23)7-21-12(8-1-2-8)6-11(20-21)15(17)18/h3-6,8,15H,1-2,7H2,(H,19,23). The predicted octanol–water partition coefficient (Wildman–Crippen LogP) is 3.90. The number of nitrogens with zero attached hydrogens (tertiary/aromatic N) is 3. The zero-order valence-corrected chi connectivity index (χ0v) is 13.5. The number of nitro groups is 1. The van der Waals surface area contributed by atoms with Crippen LogP contribution in [0.3, 0.4) is 0 Å². The molecular weight excluding hydrogens is 358 g/mol. The molecule has 1 aliphatic carbocycles. The van der Waals surface area contributed by atoms with Crippen molar-refractivity contribution in [3.05, 3.63) is 50.8 Å². The first-order valence-corrected chi connectivity index (χ1v) is 7.82. The lowest BCUT2D eigenvalue weighted by Gasteiger charge is -2.08. The van der Waals surface area contributed by atoms with Gasteiger partial charge < -0.3 is 5.32 Å². The van der Waals surface area contributed by atoms with Gasteiger partial charge in [0.15, 0.2) is 0 Å². The van der Waals surface area contributed by atoms with E-state index in [-0.39, 0.29) is 34.6 Å². The fourth-order valence-corrected chi connectivity index (χ4v) is 2.65. The molecule has 0 aliphatic heterocycles. The van der Waals surface area contributed by atoms with Crippen LogP contribution in [0.5, 0.6) is 0 Å². The molecule has 25 heavy (non-hydrogen) atoms. The molecular formula is C15H13ClF2N4O3. The second-order valence-corrected chi connectivity index (χ2v) is 6.13. The molecule has 1 aromatic heterocycles. The smallest absolute Gasteiger partial charge is 0.294 e. The van der Waals surface area contributed by atoms with Crippen LogP contribution in [0.4, 0.5) is 20.2 Å². The molecule has 0 spiro atoms. The number of anilines is 1. The average Bonchev–Trinajstić information content (AvgIpc) is 3.29. The van der Waals surface area contributed by atoms with Crippen LogP contribution in [0.1, 0.15) is 36.6 Å². The van der Waals surface area contributed by atoms with E-state index in [0.717, 1.165) is 18.9 Å². The molecule has 1 heterocycles. The Hall–Kier alpha value is -2.55. The number of amides is 1. The fourth-order valence-electron chi connectivity index (χ4n) is 2.48. The maximum absolute atomic E-state index is 12.8. The minimum Gasteiger partial charge on any atom is -0.319 e. The number of alkyl halides is 2. The Morgan fingerprint density at radius 3 is 2.76 bits per heavy atom. The van der Waals surface area contributed by atoms with Crippen LogP contribution in [-0.4, -0.2) is 20.6 Å². The monoisotopic (exact) mass is 370 g/mol. The van der Waals surface area contributed by atoms with Crippen LogP contribution in [0.15, 0.2) is 24.3 Å². The van der Waals surface area contributed by atoms with E-state index in [1.165, 1.54) is 22.9 Å². The van der Waals surface area contributed by atoms with E-state index >= 15 is 0 Å². The van der Waals surface area contributed by atoms with Crippen molar-refractivity contribution in [3.8, 4) is 0 Å². The zero-order valence-electron chi connectivity index (χ0n) is 12.8. The molecule has 0 atom stereocenters. The van der Waals surface area contributed by atoms with Crippen molar-refractivity contribution in [2.45, 2.75) is 31.7 Å². The Kier molecular flexibility index (Phi) is 4.67. The Morgan fingerprint density at radius 2 is 2.16 bits per heavy atom. The minimum atomic E-state index is -2.72. The van der Waals surface area contributed by atoms with Gasteiger partial charge in [-0.15, -0.1) is 0 Å². The molecule has 1 aliphatic rings. The highest BCUT2D eigenvalue weighted by Gasteiger charge is 2.30. The summed E-state index contributed by atoms with van der Waals surface area (Å²) in [4.78, 5) is 22.6. The number of carbonyl (C=O) groups excluding carboxylic acids is 1. The van der Waals surface area contributed by atoms with Gasteiger partial charge in [-0.1, -0.05) is 11.6 Å². The van der Waals surface area contributed by atoms with E-state index in [2.05, 4.69) is 10.4 Å². The van der Waals surface area contributed by atoms with Crippen molar-refractivity contribution in [1.29, 1.82) is 0 Å². The van der Waals surface area contributed by atoms with Crippen molar-refractivity contribution >= 4 is 28.9 Å². The third-order valence-electron chi connectivity index (χ3n) is 3.77. The zero-order chi connectivity index (χ0) is 18.1. The van der Waals surface area contributed by atoms with Gasteiger partial charge in [0.1, 0.15) is 17.9 Å². The first kappa shape index (κ1) is 17.3. The highest BCUT2D eigenvalue weighted by molar-refractivity contribution is 6.31. The molecule has 0 unspecified atom stereocenters. The maximum atomic E-state index is 12.8. The van der Waals surface area contributed by atoms with Crippen molar-refractivity contribution in [1.82, 2.24) is 9.78 Å².